The second-order valence-electron chi connectivity index (χ2n) is 3.80. The molecule has 0 saturated carbocycles. The fraction of sp³-hybridized carbons (Fsp3) is 0.0769. The van der Waals surface area contributed by atoms with Crippen LogP contribution in [0.5, 0.6) is 5.88 Å². The van der Waals surface area contributed by atoms with Gasteiger partial charge in [-0.3, -0.25) is 0 Å². The van der Waals surface area contributed by atoms with Crippen molar-refractivity contribution in [1.82, 2.24) is 4.98 Å². The number of nitrogens with zero attached hydrogens (tertiary/aromatic N) is 1. The van der Waals surface area contributed by atoms with Gasteiger partial charge in [0.15, 0.2) is 5.69 Å². The van der Waals surface area contributed by atoms with E-state index < -0.39 is 5.97 Å². The zero-order valence-corrected chi connectivity index (χ0v) is 12.4. The molecule has 0 unspecified atom stereocenters. The highest BCUT2D eigenvalue weighted by Gasteiger charge is 2.19. The van der Waals surface area contributed by atoms with Crippen molar-refractivity contribution in [2.45, 2.75) is 0 Å². The first-order chi connectivity index (χ1) is 9.43. The first-order valence-electron chi connectivity index (χ1n) is 5.37. The summed E-state index contributed by atoms with van der Waals surface area (Å²) < 4.78 is 4.91. The lowest BCUT2D eigenvalue weighted by atomic mass is 10.0. The van der Waals surface area contributed by atoms with E-state index in [0.717, 1.165) is 0 Å². The molecule has 1 aromatic heterocycles. The predicted molar refractivity (Wildman–Crippen MR) is 78.2 cm³/mol. The van der Waals surface area contributed by atoms with Gasteiger partial charge in [-0.25, -0.2) is 9.78 Å². The minimum Gasteiger partial charge on any atom is -0.481 e. The van der Waals surface area contributed by atoms with Gasteiger partial charge in [0.1, 0.15) is 0 Å². The Morgan fingerprint density at radius 2 is 1.80 bits per heavy atom. The lowest BCUT2D eigenvalue weighted by Crippen LogP contribution is -2.05. The van der Waals surface area contributed by atoms with Crippen molar-refractivity contribution in [2.24, 2.45) is 0 Å². The number of aromatic nitrogens is 1. The number of aromatic carboxylic acids is 1. The van der Waals surface area contributed by atoms with Gasteiger partial charge in [-0.2, -0.15) is 0 Å². The van der Waals surface area contributed by atoms with Crippen LogP contribution in [0.4, 0.5) is 0 Å². The molecule has 1 heterocycles. The van der Waals surface area contributed by atoms with Crippen LogP contribution in [0.2, 0.25) is 15.1 Å². The number of rotatable bonds is 3. The highest BCUT2D eigenvalue weighted by atomic mass is 35.5. The molecular weight excluding hydrogens is 325 g/mol. The molecule has 0 aliphatic rings. The average Bonchev–Trinajstić information content (AvgIpc) is 2.37. The van der Waals surface area contributed by atoms with Crippen LogP contribution < -0.4 is 4.74 Å². The second kappa shape index (κ2) is 5.87. The van der Waals surface area contributed by atoms with Gasteiger partial charge < -0.3 is 9.84 Å². The van der Waals surface area contributed by atoms with Gasteiger partial charge >= 0.3 is 5.97 Å². The van der Waals surface area contributed by atoms with Crippen LogP contribution >= 0.6 is 34.8 Å². The van der Waals surface area contributed by atoms with Crippen molar-refractivity contribution in [1.29, 1.82) is 0 Å². The van der Waals surface area contributed by atoms with Gasteiger partial charge in [0.2, 0.25) is 5.88 Å². The molecule has 104 valence electrons. The Bertz CT molecular complexity index is 666. The van der Waals surface area contributed by atoms with Gasteiger partial charge in [-0.1, -0.05) is 34.8 Å². The van der Waals surface area contributed by atoms with Crippen molar-refractivity contribution in [3.05, 3.63) is 45.0 Å². The first kappa shape index (κ1) is 14.9. The minimum atomic E-state index is -1.21. The van der Waals surface area contributed by atoms with Crippen LogP contribution in [0, 0.1) is 0 Å². The molecule has 0 bridgehead atoms. The van der Waals surface area contributed by atoms with Gasteiger partial charge in [0, 0.05) is 22.2 Å². The SMILES string of the molecule is COc1ccc(-c2c(Cl)cc(Cl)cc2Cl)c(C(=O)O)n1. The van der Waals surface area contributed by atoms with Gasteiger partial charge in [0.05, 0.1) is 17.2 Å². The number of carboxylic acid groups (broad SMARTS) is 1. The van der Waals surface area contributed by atoms with Crippen LogP contribution in [0.3, 0.4) is 0 Å². The fourth-order valence-electron chi connectivity index (χ4n) is 1.72. The summed E-state index contributed by atoms with van der Waals surface area (Å²) in [4.78, 5) is 15.2. The Hall–Kier alpha value is -1.49. The van der Waals surface area contributed by atoms with E-state index >= 15 is 0 Å². The number of halogens is 3. The molecule has 0 amide bonds. The molecule has 0 atom stereocenters. The molecule has 7 heteroatoms. The Kier molecular flexibility index (Phi) is 4.38. The van der Waals surface area contributed by atoms with Crippen molar-refractivity contribution in [3.63, 3.8) is 0 Å². The molecule has 4 nitrogen and oxygen atoms in total. The van der Waals surface area contributed by atoms with Crippen LogP contribution in [0.1, 0.15) is 10.5 Å². The molecule has 0 fully saturated rings. The predicted octanol–water partition coefficient (Wildman–Crippen LogP) is 4.42. The second-order valence-corrected chi connectivity index (χ2v) is 5.05. The molecule has 0 spiro atoms. The van der Waals surface area contributed by atoms with E-state index in [0.29, 0.717) is 16.1 Å². The Balaban J connectivity index is 2.73. The van der Waals surface area contributed by atoms with Gasteiger partial charge in [0.25, 0.3) is 0 Å². The summed E-state index contributed by atoms with van der Waals surface area (Å²) >= 11 is 18.0. The molecule has 1 aromatic carbocycles. The number of methoxy groups -OCH3 is 1. The van der Waals surface area contributed by atoms with Crippen molar-refractivity contribution >= 4 is 40.8 Å². The molecule has 2 aromatic rings. The van der Waals surface area contributed by atoms with E-state index in [9.17, 15) is 9.90 Å². The first-order valence-corrected chi connectivity index (χ1v) is 6.50. The average molecular weight is 333 g/mol. The third-order valence-electron chi connectivity index (χ3n) is 2.56. The number of hydrogen-bond donors (Lipinski definition) is 1. The summed E-state index contributed by atoms with van der Waals surface area (Å²) in [5.74, 6) is -1.02. The van der Waals surface area contributed by atoms with Crippen molar-refractivity contribution in [3.8, 4) is 17.0 Å². The standard InChI is InChI=1S/C13H8Cl3NO3/c1-20-10-3-2-7(12(17-10)13(18)19)11-8(15)4-6(14)5-9(11)16/h2-5H,1H3,(H,18,19). The molecule has 0 saturated heterocycles. The number of pyridine rings is 1. The number of carbonyl (C=O) groups is 1. The fourth-order valence-corrected chi connectivity index (χ4v) is 2.74. The molecule has 1 N–H and O–H groups in total. The molecule has 0 aliphatic carbocycles. The van der Waals surface area contributed by atoms with E-state index in [2.05, 4.69) is 4.98 Å². The lowest BCUT2D eigenvalue weighted by molar-refractivity contribution is 0.0690. The summed E-state index contributed by atoms with van der Waals surface area (Å²) in [7, 11) is 1.40. The van der Waals surface area contributed by atoms with Crippen molar-refractivity contribution in [2.75, 3.05) is 7.11 Å². The number of ether oxygens (including phenoxy) is 1. The van der Waals surface area contributed by atoms with E-state index in [4.69, 9.17) is 39.5 Å². The van der Waals surface area contributed by atoms with E-state index in [-0.39, 0.29) is 21.6 Å². The van der Waals surface area contributed by atoms with Crippen LogP contribution in [0.15, 0.2) is 24.3 Å². The topological polar surface area (TPSA) is 59.4 Å². The van der Waals surface area contributed by atoms with E-state index in [1.807, 2.05) is 0 Å². The van der Waals surface area contributed by atoms with Crippen LogP contribution in [-0.2, 0) is 0 Å². The van der Waals surface area contributed by atoms with E-state index in [1.54, 1.807) is 0 Å². The molecule has 20 heavy (non-hydrogen) atoms. The zero-order chi connectivity index (χ0) is 14.9. The largest absolute Gasteiger partial charge is 0.481 e. The maximum atomic E-state index is 11.3. The highest BCUT2D eigenvalue weighted by molar-refractivity contribution is 6.42. The van der Waals surface area contributed by atoms with Crippen LogP contribution in [0.25, 0.3) is 11.1 Å². The minimum absolute atomic E-state index is 0.187. The molecular formula is C13H8Cl3NO3. The summed E-state index contributed by atoms with van der Waals surface area (Å²) in [5.41, 5.74) is 0.464. The summed E-state index contributed by atoms with van der Waals surface area (Å²) in [6.45, 7) is 0. The highest BCUT2D eigenvalue weighted by Crippen LogP contribution is 2.38. The third-order valence-corrected chi connectivity index (χ3v) is 3.37. The summed E-state index contributed by atoms with van der Waals surface area (Å²) in [5, 5.41) is 10.1. The Labute approximate surface area is 129 Å². The number of hydrogen-bond acceptors (Lipinski definition) is 3. The molecule has 2 rings (SSSR count). The number of benzene rings is 1. The lowest BCUT2D eigenvalue weighted by Gasteiger charge is -2.11. The Morgan fingerprint density at radius 3 is 2.30 bits per heavy atom. The maximum Gasteiger partial charge on any atom is 0.355 e. The summed E-state index contributed by atoms with van der Waals surface area (Å²) in [6.07, 6.45) is 0. The zero-order valence-electron chi connectivity index (χ0n) is 10.2. The summed E-state index contributed by atoms with van der Waals surface area (Å²) in [6, 6.07) is 6.04. The maximum absolute atomic E-state index is 11.3. The smallest absolute Gasteiger partial charge is 0.355 e. The van der Waals surface area contributed by atoms with Crippen LogP contribution in [-0.4, -0.2) is 23.2 Å². The number of carboxylic acids is 1. The van der Waals surface area contributed by atoms with Gasteiger partial charge in [-0.05, 0) is 18.2 Å². The molecule has 0 radical (unpaired) electrons. The Morgan fingerprint density at radius 1 is 1.20 bits per heavy atom. The third kappa shape index (κ3) is 2.82. The van der Waals surface area contributed by atoms with Gasteiger partial charge in [-0.15, -0.1) is 0 Å². The van der Waals surface area contributed by atoms with Crippen molar-refractivity contribution < 1.29 is 14.6 Å². The normalized spacial score (nSPS) is 10.4. The molecule has 0 aliphatic heterocycles. The monoisotopic (exact) mass is 331 g/mol. The quantitative estimate of drug-likeness (QED) is 0.904. The van der Waals surface area contributed by atoms with E-state index in [1.165, 1.54) is 31.4 Å².